The van der Waals surface area contributed by atoms with E-state index in [0.29, 0.717) is 12.3 Å². The number of carbonyl (C=O) groups is 1. The summed E-state index contributed by atoms with van der Waals surface area (Å²) in [6.45, 7) is 10.0. The zero-order valence-corrected chi connectivity index (χ0v) is 14.7. The molecule has 1 aromatic heterocycles. The minimum atomic E-state index is 0.291. The van der Waals surface area contributed by atoms with Crippen LogP contribution in [0.1, 0.15) is 25.5 Å². The van der Waals surface area contributed by atoms with Gasteiger partial charge in [-0.3, -0.25) is 9.69 Å². The number of hydrogen-bond donors (Lipinski definition) is 0. The maximum absolute atomic E-state index is 11.9. The Morgan fingerprint density at radius 3 is 2.65 bits per heavy atom. The van der Waals surface area contributed by atoms with Gasteiger partial charge < -0.3 is 14.5 Å². The van der Waals surface area contributed by atoms with E-state index in [2.05, 4.69) is 22.1 Å². The third-order valence-corrected chi connectivity index (χ3v) is 5.35. The average Bonchev–Trinajstić information content (AvgIpc) is 3.05. The van der Waals surface area contributed by atoms with Crippen LogP contribution in [0, 0.1) is 0 Å². The second-order valence-electron chi connectivity index (χ2n) is 6.13. The molecule has 0 spiro atoms. The quantitative estimate of drug-likeness (QED) is 0.813. The number of carbonyl (C=O) groups excluding carboxylic acids is 1. The van der Waals surface area contributed by atoms with Crippen molar-refractivity contribution in [3.8, 4) is 0 Å². The molecule has 128 valence electrons. The Hall–Kier alpha value is -1.18. The van der Waals surface area contributed by atoms with E-state index in [-0.39, 0.29) is 0 Å². The second-order valence-corrected chi connectivity index (χ2v) is 6.96. The summed E-state index contributed by atoms with van der Waals surface area (Å²) in [4.78, 5) is 23.4. The van der Waals surface area contributed by atoms with Gasteiger partial charge in [0.15, 0.2) is 5.13 Å². The Balaban J connectivity index is 1.50. The molecule has 0 bridgehead atoms. The zero-order chi connectivity index (χ0) is 16.1. The standard InChI is InChI=1S/C16H26N4O2S/c1-2-3-15(21)19-4-6-20(7-5-19)16-17-14(13-23-16)12-18-8-10-22-11-9-18/h13H,2-12H2,1H3. The number of nitrogens with zero attached hydrogens (tertiary/aromatic N) is 4. The van der Waals surface area contributed by atoms with E-state index in [1.807, 2.05) is 4.90 Å². The molecule has 0 radical (unpaired) electrons. The lowest BCUT2D eigenvalue weighted by Gasteiger charge is -2.34. The lowest BCUT2D eigenvalue weighted by atomic mass is 10.2. The Labute approximate surface area is 142 Å². The minimum absolute atomic E-state index is 0.291. The van der Waals surface area contributed by atoms with Gasteiger partial charge in [0.2, 0.25) is 5.91 Å². The van der Waals surface area contributed by atoms with Crippen LogP contribution >= 0.6 is 11.3 Å². The largest absolute Gasteiger partial charge is 0.379 e. The van der Waals surface area contributed by atoms with Gasteiger partial charge in [0.25, 0.3) is 0 Å². The number of morpholine rings is 1. The van der Waals surface area contributed by atoms with Crippen molar-refractivity contribution >= 4 is 22.4 Å². The molecule has 2 aliphatic heterocycles. The monoisotopic (exact) mass is 338 g/mol. The molecule has 1 aromatic rings. The minimum Gasteiger partial charge on any atom is -0.379 e. The highest BCUT2D eigenvalue weighted by molar-refractivity contribution is 7.13. The first-order chi connectivity index (χ1) is 11.3. The molecule has 2 fully saturated rings. The van der Waals surface area contributed by atoms with Crippen LogP contribution in [-0.4, -0.2) is 73.2 Å². The van der Waals surface area contributed by atoms with Gasteiger partial charge in [0, 0.05) is 57.6 Å². The molecule has 0 unspecified atom stereocenters. The molecule has 0 aromatic carbocycles. The van der Waals surface area contributed by atoms with Gasteiger partial charge in [0.1, 0.15) is 0 Å². The van der Waals surface area contributed by atoms with Crippen molar-refractivity contribution in [1.29, 1.82) is 0 Å². The Bertz CT molecular complexity index is 508. The van der Waals surface area contributed by atoms with Crippen molar-refractivity contribution in [2.45, 2.75) is 26.3 Å². The third-order valence-electron chi connectivity index (χ3n) is 4.40. The summed E-state index contributed by atoms with van der Waals surface area (Å²) in [6, 6.07) is 0. The van der Waals surface area contributed by atoms with Gasteiger partial charge in [-0.25, -0.2) is 4.98 Å². The van der Waals surface area contributed by atoms with Gasteiger partial charge in [0.05, 0.1) is 18.9 Å². The van der Waals surface area contributed by atoms with Gasteiger partial charge in [-0.1, -0.05) is 6.92 Å². The molecule has 6 nitrogen and oxygen atoms in total. The van der Waals surface area contributed by atoms with Crippen LogP contribution in [0.3, 0.4) is 0 Å². The van der Waals surface area contributed by atoms with Crippen molar-refractivity contribution < 1.29 is 9.53 Å². The first kappa shape index (κ1) is 16.7. The maximum atomic E-state index is 11.9. The lowest BCUT2D eigenvalue weighted by Crippen LogP contribution is -2.48. The van der Waals surface area contributed by atoms with E-state index < -0.39 is 0 Å². The van der Waals surface area contributed by atoms with E-state index in [0.717, 1.165) is 76.3 Å². The highest BCUT2D eigenvalue weighted by atomic mass is 32.1. The fourth-order valence-electron chi connectivity index (χ4n) is 3.02. The maximum Gasteiger partial charge on any atom is 0.222 e. The number of hydrogen-bond acceptors (Lipinski definition) is 6. The van der Waals surface area contributed by atoms with E-state index in [9.17, 15) is 4.79 Å². The van der Waals surface area contributed by atoms with Crippen molar-refractivity contribution in [1.82, 2.24) is 14.8 Å². The Morgan fingerprint density at radius 1 is 1.22 bits per heavy atom. The second kappa shape index (κ2) is 8.08. The molecule has 3 heterocycles. The summed E-state index contributed by atoms with van der Waals surface area (Å²) >= 11 is 1.72. The number of rotatable bonds is 5. The van der Waals surface area contributed by atoms with Crippen LogP contribution in [0.2, 0.25) is 0 Å². The molecule has 2 aliphatic rings. The molecule has 2 saturated heterocycles. The van der Waals surface area contributed by atoms with E-state index >= 15 is 0 Å². The smallest absolute Gasteiger partial charge is 0.222 e. The normalized spacial score (nSPS) is 20.0. The fraction of sp³-hybridized carbons (Fsp3) is 0.750. The SMILES string of the molecule is CCCC(=O)N1CCN(c2nc(CN3CCOCC3)cs2)CC1. The fourth-order valence-corrected chi connectivity index (χ4v) is 3.89. The summed E-state index contributed by atoms with van der Waals surface area (Å²) in [6.07, 6.45) is 1.59. The molecule has 3 rings (SSSR count). The molecule has 0 N–H and O–H groups in total. The molecule has 7 heteroatoms. The number of anilines is 1. The summed E-state index contributed by atoms with van der Waals surface area (Å²) in [5.74, 6) is 0.291. The molecule has 1 amide bonds. The predicted octanol–water partition coefficient (Wildman–Crippen LogP) is 1.42. The predicted molar refractivity (Wildman–Crippen MR) is 91.9 cm³/mol. The van der Waals surface area contributed by atoms with Crippen LogP contribution < -0.4 is 4.90 Å². The summed E-state index contributed by atoms with van der Waals surface area (Å²) in [7, 11) is 0. The van der Waals surface area contributed by atoms with Crippen molar-refractivity contribution in [2.75, 3.05) is 57.4 Å². The van der Waals surface area contributed by atoms with Gasteiger partial charge in [-0.05, 0) is 6.42 Å². The van der Waals surface area contributed by atoms with Gasteiger partial charge in [-0.2, -0.15) is 0 Å². The van der Waals surface area contributed by atoms with Crippen LogP contribution in [0.5, 0.6) is 0 Å². The Morgan fingerprint density at radius 2 is 1.96 bits per heavy atom. The highest BCUT2D eigenvalue weighted by Crippen LogP contribution is 2.23. The third kappa shape index (κ3) is 4.43. The average molecular weight is 338 g/mol. The van der Waals surface area contributed by atoms with Crippen LogP contribution in [0.4, 0.5) is 5.13 Å². The first-order valence-corrected chi connectivity index (χ1v) is 9.41. The molecule has 23 heavy (non-hydrogen) atoms. The number of amides is 1. The van der Waals surface area contributed by atoms with Crippen molar-refractivity contribution in [3.05, 3.63) is 11.1 Å². The van der Waals surface area contributed by atoms with E-state index in [1.165, 1.54) is 0 Å². The Kier molecular flexibility index (Phi) is 5.85. The lowest BCUT2D eigenvalue weighted by molar-refractivity contribution is -0.131. The number of piperazine rings is 1. The zero-order valence-electron chi connectivity index (χ0n) is 13.9. The van der Waals surface area contributed by atoms with Gasteiger partial charge in [-0.15, -0.1) is 11.3 Å². The van der Waals surface area contributed by atoms with Crippen molar-refractivity contribution in [3.63, 3.8) is 0 Å². The summed E-state index contributed by atoms with van der Waals surface area (Å²) in [5.41, 5.74) is 1.15. The number of aromatic nitrogens is 1. The van der Waals surface area contributed by atoms with Crippen LogP contribution in [0.25, 0.3) is 0 Å². The molecular weight excluding hydrogens is 312 g/mol. The molecule has 0 atom stereocenters. The number of ether oxygens (including phenoxy) is 1. The number of thiazole rings is 1. The van der Waals surface area contributed by atoms with Crippen LogP contribution in [0.15, 0.2) is 5.38 Å². The van der Waals surface area contributed by atoms with Crippen LogP contribution in [-0.2, 0) is 16.1 Å². The van der Waals surface area contributed by atoms with Gasteiger partial charge >= 0.3 is 0 Å². The molecular formula is C16H26N4O2S. The first-order valence-electron chi connectivity index (χ1n) is 8.53. The summed E-state index contributed by atoms with van der Waals surface area (Å²) in [5, 5.41) is 3.26. The van der Waals surface area contributed by atoms with E-state index in [4.69, 9.17) is 9.72 Å². The topological polar surface area (TPSA) is 48.9 Å². The summed E-state index contributed by atoms with van der Waals surface area (Å²) < 4.78 is 5.38. The molecule has 0 saturated carbocycles. The highest BCUT2D eigenvalue weighted by Gasteiger charge is 2.22. The molecule has 0 aliphatic carbocycles. The van der Waals surface area contributed by atoms with Crippen molar-refractivity contribution in [2.24, 2.45) is 0 Å². The van der Waals surface area contributed by atoms with E-state index in [1.54, 1.807) is 11.3 Å².